The summed E-state index contributed by atoms with van der Waals surface area (Å²) in [7, 11) is 7.48. The van der Waals surface area contributed by atoms with Crippen LogP contribution in [0.2, 0.25) is 0 Å². The first-order valence-electron chi connectivity index (χ1n) is 20.1. The first-order chi connectivity index (χ1) is 30.0. The molecule has 4 aromatic carbocycles. The van der Waals surface area contributed by atoms with E-state index in [4.69, 9.17) is 18.9 Å². The van der Waals surface area contributed by atoms with Gasteiger partial charge < -0.3 is 28.6 Å². The molecule has 1 aliphatic heterocycles. The van der Waals surface area contributed by atoms with Gasteiger partial charge in [-0.25, -0.2) is 28.5 Å². The van der Waals surface area contributed by atoms with Crippen molar-refractivity contribution in [1.29, 1.82) is 0 Å². The molecule has 0 unspecified atom stereocenters. The zero-order chi connectivity index (χ0) is 43.6. The van der Waals surface area contributed by atoms with Crippen molar-refractivity contribution in [2.75, 3.05) is 28.4 Å². The van der Waals surface area contributed by atoms with Crippen LogP contribution < -0.4 is 35.9 Å². The largest absolute Gasteiger partial charge is 0.507 e. The SMILES string of the molecule is COc1cc(O)c([C@H]2C3=CCn4c(=O)n(CCc5nc6cc(OC)c(OC)cc6n(C)c5=O)c(=O)n4[C@@H]3C[C@H]3C(=O)C(c4ccccc4)=CC(=O)[C@@]23c2ccccc2)c(OC)c1. The highest BCUT2D eigenvalue weighted by Gasteiger charge is 2.64. The van der Waals surface area contributed by atoms with Gasteiger partial charge in [0, 0.05) is 67.3 Å². The Kier molecular flexibility index (Phi) is 9.84. The number of nitrogens with zero attached hydrogens (tertiary/aromatic N) is 5. The van der Waals surface area contributed by atoms with E-state index in [1.807, 2.05) is 12.1 Å². The number of hydrogen-bond donors (Lipinski definition) is 1. The van der Waals surface area contributed by atoms with Crippen LogP contribution in [-0.2, 0) is 41.6 Å². The molecule has 1 saturated carbocycles. The molecule has 3 aliphatic rings. The van der Waals surface area contributed by atoms with E-state index in [1.54, 1.807) is 79.9 Å². The minimum atomic E-state index is -1.62. The lowest BCUT2D eigenvalue weighted by atomic mass is 9.47. The van der Waals surface area contributed by atoms with Crippen LogP contribution in [0.15, 0.2) is 117 Å². The molecule has 0 radical (unpaired) electrons. The molecule has 9 rings (SSSR count). The Morgan fingerprint density at radius 3 is 2.16 bits per heavy atom. The second-order valence-corrected chi connectivity index (χ2v) is 15.6. The molecule has 6 aromatic rings. The third-order valence-corrected chi connectivity index (χ3v) is 12.8. The van der Waals surface area contributed by atoms with Crippen LogP contribution in [-0.4, -0.2) is 68.6 Å². The number of carbonyl (C=O) groups excluding carboxylic acids is 2. The van der Waals surface area contributed by atoms with Crippen LogP contribution in [0.3, 0.4) is 0 Å². The average molecular weight is 838 g/mol. The van der Waals surface area contributed by atoms with Crippen molar-refractivity contribution in [2.24, 2.45) is 13.0 Å². The van der Waals surface area contributed by atoms with Gasteiger partial charge in [-0.1, -0.05) is 66.7 Å². The van der Waals surface area contributed by atoms with E-state index >= 15 is 9.59 Å². The summed E-state index contributed by atoms with van der Waals surface area (Å²) < 4.78 is 27.5. The maximum Gasteiger partial charge on any atom is 0.347 e. The maximum atomic E-state index is 15.4. The highest BCUT2D eigenvalue weighted by atomic mass is 16.5. The predicted molar refractivity (Wildman–Crippen MR) is 228 cm³/mol. The Morgan fingerprint density at radius 2 is 1.48 bits per heavy atom. The highest BCUT2D eigenvalue weighted by Crippen LogP contribution is 2.63. The number of methoxy groups -OCH3 is 4. The Bertz CT molecular complexity index is 3070. The molecule has 0 saturated heterocycles. The number of benzene rings is 4. The van der Waals surface area contributed by atoms with E-state index in [1.165, 1.54) is 54.5 Å². The van der Waals surface area contributed by atoms with Crippen LogP contribution in [0.25, 0.3) is 16.6 Å². The van der Waals surface area contributed by atoms with Crippen molar-refractivity contribution in [3.8, 4) is 28.7 Å². The van der Waals surface area contributed by atoms with Gasteiger partial charge in [0.25, 0.3) is 5.56 Å². The number of carbonyl (C=O) groups is 2. The van der Waals surface area contributed by atoms with Gasteiger partial charge in [-0.3, -0.25) is 14.4 Å². The number of phenolic OH excluding ortho intramolecular Hbond substituents is 1. The minimum Gasteiger partial charge on any atom is -0.507 e. The summed E-state index contributed by atoms with van der Waals surface area (Å²) in [6.45, 7) is -0.247. The molecule has 316 valence electrons. The number of aryl methyl sites for hydroxylation is 2. The number of fused-ring (bicyclic) bond motifs is 5. The molecule has 15 heteroatoms. The molecule has 2 aromatic heterocycles. The fourth-order valence-corrected chi connectivity index (χ4v) is 9.94. The third-order valence-electron chi connectivity index (χ3n) is 12.8. The number of rotatable bonds is 10. The van der Waals surface area contributed by atoms with E-state index in [-0.39, 0.29) is 65.8 Å². The molecule has 4 atom stereocenters. The summed E-state index contributed by atoms with van der Waals surface area (Å²) in [5.74, 6) is -1.74. The monoisotopic (exact) mass is 837 g/mol. The van der Waals surface area contributed by atoms with Crippen LogP contribution >= 0.6 is 0 Å². The number of phenols is 1. The average Bonchev–Trinajstić information content (AvgIpc) is 3.54. The number of Topliss-reactive ketones (excluding diaryl/α,β-unsaturated/α-hetero) is 1. The van der Waals surface area contributed by atoms with Crippen molar-refractivity contribution >= 4 is 28.2 Å². The molecule has 0 amide bonds. The van der Waals surface area contributed by atoms with Gasteiger partial charge in [-0.15, -0.1) is 0 Å². The van der Waals surface area contributed by atoms with Gasteiger partial charge in [0.1, 0.15) is 22.9 Å². The molecule has 0 spiro atoms. The van der Waals surface area contributed by atoms with E-state index in [0.29, 0.717) is 45.0 Å². The summed E-state index contributed by atoms with van der Waals surface area (Å²) in [4.78, 5) is 77.9. The van der Waals surface area contributed by atoms with Crippen molar-refractivity contribution in [1.82, 2.24) is 23.5 Å². The molecule has 1 N–H and O–H groups in total. The number of aromatic hydroxyl groups is 1. The van der Waals surface area contributed by atoms with Crippen molar-refractivity contribution < 1.29 is 33.6 Å². The van der Waals surface area contributed by atoms with Gasteiger partial charge in [0.05, 0.1) is 57.5 Å². The van der Waals surface area contributed by atoms with Crippen LogP contribution in [0.5, 0.6) is 28.7 Å². The number of aromatic nitrogens is 5. The minimum absolute atomic E-state index is 0.0351. The standard InChI is InChI=1S/C47H43N5O10/c1-49-35-25-38(61-4)37(60-3)24-33(35)48-32(44(49)56)17-18-50-45(57)51-19-16-29-34(52(51)46(50)58)23-31-43(55)30(26-12-8-6-9-13-26)22-40(54)47(31,27-14-10-7-11-15-27)42(29)41-36(53)20-28(59-2)21-39(41)62-5/h6-16,20-22,24-25,31,34,42,53H,17-19,23H2,1-5H3/t31-,34+,42+,47-/m0/s1. The lowest BCUT2D eigenvalue weighted by Gasteiger charge is -2.54. The molecular formula is C47H43N5O10. The van der Waals surface area contributed by atoms with E-state index < -0.39 is 40.2 Å². The normalized spacial score (nSPS) is 20.4. The summed E-state index contributed by atoms with van der Waals surface area (Å²) in [5.41, 5.74) is -0.119. The second-order valence-electron chi connectivity index (χ2n) is 15.6. The van der Waals surface area contributed by atoms with Crippen molar-refractivity contribution in [3.63, 3.8) is 0 Å². The smallest absolute Gasteiger partial charge is 0.347 e. The maximum absolute atomic E-state index is 15.4. The number of hydrogen-bond acceptors (Lipinski definition) is 11. The van der Waals surface area contributed by atoms with Gasteiger partial charge in [0.2, 0.25) is 0 Å². The lowest BCUT2D eigenvalue weighted by Crippen LogP contribution is -2.58. The predicted octanol–water partition coefficient (Wildman–Crippen LogP) is 4.50. The fraction of sp³-hybridized carbons (Fsp3) is 0.277. The molecular weight excluding hydrogens is 795 g/mol. The van der Waals surface area contributed by atoms with E-state index in [9.17, 15) is 19.5 Å². The Balaban J connectivity index is 1.22. The van der Waals surface area contributed by atoms with Gasteiger partial charge in [-0.05, 0) is 29.2 Å². The molecule has 3 heterocycles. The Hall–Kier alpha value is -7.42. The van der Waals surface area contributed by atoms with Crippen molar-refractivity contribution in [2.45, 2.75) is 43.3 Å². The lowest BCUT2D eigenvalue weighted by molar-refractivity contribution is -0.133. The summed E-state index contributed by atoms with van der Waals surface area (Å²) in [6.07, 6.45) is 3.12. The molecule has 1 fully saturated rings. The van der Waals surface area contributed by atoms with E-state index in [0.717, 1.165) is 4.57 Å². The summed E-state index contributed by atoms with van der Waals surface area (Å²) in [6, 6.07) is 23.4. The first kappa shape index (κ1) is 40.0. The zero-order valence-corrected chi connectivity index (χ0v) is 34.7. The second kappa shape index (κ2) is 15.2. The first-order valence-corrected chi connectivity index (χ1v) is 20.1. The van der Waals surface area contributed by atoms with E-state index in [2.05, 4.69) is 4.98 Å². The van der Waals surface area contributed by atoms with Gasteiger partial charge >= 0.3 is 11.4 Å². The van der Waals surface area contributed by atoms with Gasteiger partial charge in [-0.2, -0.15) is 0 Å². The molecule has 62 heavy (non-hydrogen) atoms. The Morgan fingerprint density at radius 1 is 0.806 bits per heavy atom. The van der Waals surface area contributed by atoms with Crippen LogP contribution in [0.4, 0.5) is 0 Å². The number of ether oxygens (including phenoxy) is 4. The number of allylic oxidation sites excluding steroid dienone is 4. The molecule has 0 bridgehead atoms. The Labute approximate surface area is 354 Å². The quantitative estimate of drug-likeness (QED) is 0.193. The summed E-state index contributed by atoms with van der Waals surface area (Å²) in [5, 5.41) is 12.0. The third kappa shape index (κ3) is 5.85. The van der Waals surface area contributed by atoms with Crippen LogP contribution in [0.1, 0.15) is 40.8 Å². The van der Waals surface area contributed by atoms with Gasteiger partial charge in [0.15, 0.2) is 23.1 Å². The number of ketones is 2. The zero-order valence-electron chi connectivity index (χ0n) is 34.7. The topological polar surface area (TPSA) is 175 Å². The van der Waals surface area contributed by atoms with Crippen molar-refractivity contribution in [3.05, 3.63) is 156 Å². The fourth-order valence-electron chi connectivity index (χ4n) is 9.94. The van der Waals surface area contributed by atoms with Crippen LogP contribution in [0, 0.1) is 5.92 Å². The molecule has 2 aliphatic carbocycles. The summed E-state index contributed by atoms with van der Waals surface area (Å²) >= 11 is 0. The molecule has 15 nitrogen and oxygen atoms in total. The highest BCUT2D eigenvalue weighted by molar-refractivity contribution is 6.31.